The Kier molecular flexibility index (Phi) is 3.55. The summed E-state index contributed by atoms with van der Waals surface area (Å²) in [6.07, 6.45) is 3.61. The Bertz CT molecular complexity index is 420. The van der Waals surface area contributed by atoms with Gasteiger partial charge in [-0.25, -0.2) is 0 Å². The predicted octanol–water partition coefficient (Wildman–Crippen LogP) is -0.427. The van der Waals surface area contributed by atoms with Crippen molar-refractivity contribution < 1.29 is 9.59 Å². The summed E-state index contributed by atoms with van der Waals surface area (Å²) in [5.74, 6) is 0.0377. The zero-order valence-electron chi connectivity index (χ0n) is 10.7. The van der Waals surface area contributed by atoms with Crippen LogP contribution in [0.4, 0.5) is 0 Å². The van der Waals surface area contributed by atoms with Crippen LogP contribution in [-0.2, 0) is 9.59 Å². The third-order valence-corrected chi connectivity index (χ3v) is 3.12. The molecule has 2 rings (SSSR count). The fourth-order valence-electron chi connectivity index (χ4n) is 2.04. The number of nitrogens with one attached hydrogen (secondary N) is 2. The summed E-state index contributed by atoms with van der Waals surface area (Å²) in [4.78, 5) is 26.9. The van der Waals surface area contributed by atoms with Crippen LogP contribution < -0.4 is 10.9 Å². The van der Waals surface area contributed by atoms with E-state index in [0.29, 0.717) is 31.9 Å². The van der Waals surface area contributed by atoms with Gasteiger partial charge in [0.2, 0.25) is 5.91 Å². The second-order valence-electron chi connectivity index (χ2n) is 4.51. The van der Waals surface area contributed by atoms with Crippen molar-refractivity contribution >= 4 is 11.8 Å². The number of hydrogen-bond donors (Lipinski definition) is 2. The normalized spacial score (nSPS) is 19.4. The lowest BCUT2D eigenvalue weighted by Crippen LogP contribution is -2.52. The van der Waals surface area contributed by atoms with Gasteiger partial charge >= 0.3 is 0 Å². The predicted molar refractivity (Wildman–Crippen MR) is 66.9 cm³/mol. The Morgan fingerprint density at radius 3 is 2.33 bits per heavy atom. The minimum Gasteiger partial charge on any atom is -0.339 e. The molecule has 0 unspecified atom stereocenters. The van der Waals surface area contributed by atoms with Gasteiger partial charge in [-0.3, -0.25) is 15.0 Å². The molecule has 2 heterocycles. The molecule has 0 spiro atoms. The third-order valence-electron chi connectivity index (χ3n) is 3.12. The zero-order chi connectivity index (χ0) is 13.1. The molecule has 0 atom stereocenters. The average Bonchev–Trinajstić information content (AvgIpc) is 2.38. The number of carbonyl (C=O) groups excluding carboxylic acids is 2. The van der Waals surface area contributed by atoms with Gasteiger partial charge in [0.05, 0.1) is 0 Å². The summed E-state index contributed by atoms with van der Waals surface area (Å²) >= 11 is 0. The van der Waals surface area contributed by atoms with Crippen molar-refractivity contribution in [2.24, 2.45) is 0 Å². The standard InChI is InChI=1S/C12H18N4O2/c1-9-7-11(14-13-8-9)12(18)16-5-3-15(4-6-16)10(2)17/h7-8,13-14H,3-6H2,1-2H3. The quantitative estimate of drug-likeness (QED) is 0.663. The van der Waals surface area contributed by atoms with Gasteiger partial charge in [-0.1, -0.05) is 0 Å². The van der Waals surface area contributed by atoms with Gasteiger partial charge in [-0.15, -0.1) is 0 Å². The van der Waals surface area contributed by atoms with Crippen LogP contribution in [0, 0.1) is 0 Å². The molecule has 1 saturated heterocycles. The van der Waals surface area contributed by atoms with E-state index in [4.69, 9.17) is 0 Å². The minimum absolute atomic E-state index is 0.0295. The average molecular weight is 250 g/mol. The summed E-state index contributed by atoms with van der Waals surface area (Å²) < 4.78 is 0. The Morgan fingerprint density at radius 1 is 1.17 bits per heavy atom. The molecule has 6 nitrogen and oxygen atoms in total. The second kappa shape index (κ2) is 5.12. The molecule has 0 aromatic rings. The first kappa shape index (κ1) is 12.5. The van der Waals surface area contributed by atoms with Crippen LogP contribution in [0.1, 0.15) is 13.8 Å². The van der Waals surface area contributed by atoms with Crippen molar-refractivity contribution in [2.75, 3.05) is 26.2 Å². The number of allylic oxidation sites excluding steroid dienone is 2. The monoisotopic (exact) mass is 250 g/mol. The van der Waals surface area contributed by atoms with E-state index < -0.39 is 0 Å². The largest absolute Gasteiger partial charge is 0.339 e. The first-order valence-electron chi connectivity index (χ1n) is 6.03. The van der Waals surface area contributed by atoms with Crippen molar-refractivity contribution in [3.63, 3.8) is 0 Å². The minimum atomic E-state index is -0.0295. The Morgan fingerprint density at radius 2 is 1.78 bits per heavy atom. The summed E-state index contributed by atoms with van der Waals surface area (Å²) in [6.45, 7) is 5.86. The van der Waals surface area contributed by atoms with E-state index in [1.54, 1.807) is 22.9 Å². The molecule has 18 heavy (non-hydrogen) atoms. The highest BCUT2D eigenvalue weighted by Gasteiger charge is 2.25. The molecule has 2 N–H and O–H groups in total. The van der Waals surface area contributed by atoms with Crippen molar-refractivity contribution in [2.45, 2.75) is 13.8 Å². The summed E-state index contributed by atoms with van der Waals surface area (Å²) in [5.41, 5.74) is 7.23. The molecule has 0 aliphatic carbocycles. The molecule has 0 saturated carbocycles. The van der Waals surface area contributed by atoms with Crippen LogP contribution in [0.2, 0.25) is 0 Å². The Labute approximate surface area is 106 Å². The smallest absolute Gasteiger partial charge is 0.271 e. The molecule has 2 aliphatic rings. The van der Waals surface area contributed by atoms with Crippen LogP contribution in [0.3, 0.4) is 0 Å². The lowest BCUT2D eigenvalue weighted by Gasteiger charge is -2.35. The highest BCUT2D eigenvalue weighted by atomic mass is 16.2. The summed E-state index contributed by atoms with van der Waals surface area (Å²) in [6, 6.07) is 0. The van der Waals surface area contributed by atoms with E-state index in [0.717, 1.165) is 5.57 Å². The van der Waals surface area contributed by atoms with Gasteiger partial charge < -0.3 is 15.2 Å². The number of carbonyl (C=O) groups is 2. The van der Waals surface area contributed by atoms with Crippen LogP contribution in [0.25, 0.3) is 0 Å². The second-order valence-corrected chi connectivity index (χ2v) is 4.51. The van der Waals surface area contributed by atoms with Gasteiger partial charge in [-0.2, -0.15) is 0 Å². The first-order valence-corrected chi connectivity index (χ1v) is 6.03. The Hall–Kier alpha value is -1.98. The number of piperazine rings is 1. The maximum absolute atomic E-state index is 12.2. The molecular formula is C12H18N4O2. The highest BCUT2D eigenvalue weighted by Crippen LogP contribution is 2.09. The van der Waals surface area contributed by atoms with Gasteiger partial charge in [0.25, 0.3) is 5.91 Å². The van der Waals surface area contributed by atoms with Gasteiger partial charge in [0.15, 0.2) is 0 Å². The maximum atomic E-state index is 12.2. The van der Waals surface area contributed by atoms with E-state index in [1.165, 1.54) is 0 Å². The van der Waals surface area contributed by atoms with E-state index >= 15 is 0 Å². The summed E-state index contributed by atoms with van der Waals surface area (Å²) in [5, 5.41) is 0. The molecule has 2 aliphatic heterocycles. The molecule has 0 aromatic heterocycles. The fraction of sp³-hybridized carbons (Fsp3) is 0.500. The van der Waals surface area contributed by atoms with Crippen molar-refractivity contribution in [3.8, 4) is 0 Å². The van der Waals surface area contributed by atoms with Gasteiger partial charge in [0.1, 0.15) is 5.70 Å². The van der Waals surface area contributed by atoms with E-state index in [9.17, 15) is 9.59 Å². The van der Waals surface area contributed by atoms with Crippen LogP contribution in [0.5, 0.6) is 0 Å². The highest BCUT2D eigenvalue weighted by molar-refractivity contribution is 5.93. The van der Waals surface area contributed by atoms with Crippen LogP contribution in [0.15, 0.2) is 23.5 Å². The molecule has 2 amide bonds. The maximum Gasteiger partial charge on any atom is 0.271 e. The molecule has 0 radical (unpaired) electrons. The first-order chi connectivity index (χ1) is 8.58. The Balaban J connectivity index is 1.96. The number of hydrazine groups is 1. The van der Waals surface area contributed by atoms with Crippen molar-refractivity contribution in [1.82, 2.24) is 20.7 Å². The number of nitrogens with zero attached hydrogens (tertiary/aromatic N) is 2. The third kappa shape index (κ3) is 2.64. The molecule has 98 valence electrons. The van der Waals surface area contributed by atoms with Gasteiger partial charge in [0, 0.05) is 39.3 Å². The van der Waals surface area contributed by atoms with Gasteiger partial charge in [-0.05, 0) is 18.6 Å². The van der Waals surface area contributed by atoms with E-state index in [2.05, 4.69) is 10.9 Å². The number of rotatable bonds is 1. The molecular weight excluding hydrogens is 232 g/mol. The number of hydrogen-bond acceptors (Lipinski definition) is 4. The van der Waals surface area contributed by atoms with E-state index in [-0.39, 0.29) is 11.8 Å². The molecule has 6 heteroatoms. The molecule has 0 aromatic carbocycles. The molecule has 0 bridgehead atoms. The van der Waals surface area contributed by atoms with E-state index in [1.807, 2.05) is 13.0 Å². The zero-order valence-corrected chi connectivity index (χ0v) is 10.7. The lowest BCUT2D eigenvalue weighted by molar-refractivity contribution is -0.136. The molecule has 1 fully saturated rings. The topological polar surface area (TPSA) is 64.7 Å². The fourth-order valence-corrected chi connectivity index (χ4v) is 2.04. The van der Waals surface area contributed by atoms with Crippen LogP contribution in [-0.4, -0.2) is 47.8 Å². The van der Waals surface area contributed by atoms with Crippen molar-refractivity contribution in [1.29, 1.82) is 0 Å². The van der Waals surface area contributed by atoms with Crippen LogP contribution >= 0.6 is 0 Å². The van der Waals surface area contributed by atoms with Crippen molar-refractivity contribution in [3.05, 3.63) is 23.5 Å². The summed E-state index contributed by atoms with van der Waals surface area (Å²) in [7, 11) is 0. The number of amides is 2. The lowest BCUT2D eigenvalue weighted by atomic mass is 10.2. The SMILES string of the molecule is CC(=O)N1CCN(C(=O)C2=CC(C)=CNN2)CC1.